The summed E-state index contributed by atoms with van der Waals surface area (Å²) in [6, 6.07) is 11.9. The van der Waals surface area contributed by atoms with Crippen molar-refractivity contribution >= 4 is 51.7 Å². The summed E-state index contributed by atoms with van der Waals surface area (Å²) in [5.74, 6) is -0.175. The molecule has 0 atom stereocenters. The number of carbonyl (C=O) groups excluding carboxylic acids is 1. The van der Waals surface area contributed by atoms with Gasteiger partial charge in [0.1, 0.15) is 0 Å². The van der Waals surface area contributed by atoms with E-state index in [9.17, 15) is 14.9 Å². The largest absolute Gasteiger partial charge is 0.270 e. The molecule has 1 amide bonds. The fraction of sp³-hybridized carbons (Fsp3) is 0.111. The Morgan fingerprint density at radius 1 is 1.12 bits per heavy atom. The quantitative estimate of drug-likeness (QED) is 0.341. The topological polar surface area (TPSA) is 63.5 Å². The first kappa shape index (κ1) is 17.3. The summed E-state index contributed by atoms with van der Waals surface area (Å²) in [5.41, 5.74) is 3.51. The summed E-state index contributed by atoms with van der Waals surface area (Å²) in [6.45, 7) is 3.89. The van der Waals surface area contributed by atoms with Crippen LogP contribution in [0.4, 0.5) is 11.4 Å². The molecule has 0 radical (unpaired) electrons. The van der Waals surface area contributed by atoms with Crippen molar-refractivity contribution in [2.24, 2.45) is 0 Å². The molecule has 126 valence electrons. The number of thioether (sulfide) groups is 1. The Morgan fingerprint density at radius 2 is 1.72 bits per heavy atom. The minimum atomic E-state index is -0.454. The zero-order valence-corrected chi connectivity index (χ0v) is 15.2. The summed E-state index contributed by atoms with van der Waals surface area (Å²) in [4.78, 5) is 25.2. The molecule has 7 heteroatoms. The first-order valence-electron chi connectivity index (χ1n) is 7.47. The summed E-state index contributed by atoms with van der Waals surface area (Å²) in [6.07, 6.45) is 1.70. The number of carbonyl (C=O) groups is 1. The SMILES string of the molecule is Cc1cccc(C)c1N1C(=O)/C(=C/c2ccc([N+](=O)[O-])cc2)SC1=S. The summed E-state index contributed by atoms with van der Waals surface area (Å²) < 4.78 is 0.482. The van der Waals surface area contributed by atoms with Crippen LogP contribution in [0, 0.1) is 24.0 Å². The van der Waals surface area contributed by atoms with Crippen LogP contribution in [0.15, 0.2) is 47.4 Å². The van der Waals surface area contributed by atoms with Gasteiger partial charge in [0.15, 0.2) is 4.32 Å². The third-order valence-corrected chi connectivity index (χ3v) is 5.16. The minimum Gasteiger partial charge on any atom is -0.268 e. The van der Waals surface area contributed by atoms with Crippen molar-refractivity contribution in [3.8, 4) is 0 Å². The van der Waals surface area contributed by atoms with E-state index in [1.54, 1.807) is 23.1 Å². The molecular formula is C18H14N2O3S2. The molecule has 1 heterocycles. The zero-order valence-electron chi connectivity index (χ0n) is 13.6. The van der Waals surface area contributed by atoms with Gasteiger partial charge in [-0.15, -0.1) is 0 Å². The van der Waals surface area contributed by atoms with Gasteiger partial charge in [-0.25, -0.2) is 0 Å². The number of anilines is 1. The Labute approximate surface area is 154 Å². The van der Waals surface area contributed by atoms with Crippen LogP contribution in [0.2, 0.25) is 0 Å². The normalized spacial score (nSPS) is 15.9. The van der Waals surface area contributed by atoms with Crippen LogP contribution >= 0.6 is 24.0 Å². The molecule has 5 nitrogen and oxygen atoms in total. The molecule has 0 spiro atoms. The van der Waals surface area contributed by atoms with E-state index >= 15 is 0 Å². The lowest BCUT2D eigenvalue weighted by Gasteiger charge is -2.19. The molecule has 0 aromatic heterocycles. The molecule has 0 N–H and O–H groups in total. The standard InChI is InChI=1S/C18H14N2O3S2/c1-11-4-3-5-12(2)16(11)19-17(21)15(25-18(19)24)10-13-6-8-14(9-7-13)20(22)23/h3-10H,1-2H3/b15-10-. The molecule has 1 saturated heterocycles. The Hall–Kier alpha value is -2.51. The highest BCUT2D eigenvalue weighted by Crippen LogP contribution is 2.38. The molecule has 2 aromatic carbocycles. The summed E-state index contributed by atoms with van der Waals surface area (Å²) in [7, 11) is 0. The highest BCUT2D eigenvalue weighted by atomic mass is 32.2. The maximum absolute atomic E-state index is 12.8. The summed E-state index contributed by atoms with van der Waals surface area (Å²) >= 11 is 6.64. The van der Waals surface area contributed by atoms with Crippen molar-refractivity contribution in [2.75, 3.05) is 4.90 Å². The number of rotatable bonds is 3. The second-order valence-electron chi connectivity index (χ2n) is 5.61. The Balaban J connectivity index is 1.94. The van der Waals surface area contributed by atoms with Gasteiger partial charge in [0, 0.05) is 12.1 Å². The predicted octanol–water partition coefficient (Wildman–Crippen LogP) is 4.62. The average Bonchev–Trinajstić information content (AvgIpc) is 2.83. The van der Waals surface area contributed by atoms with E-state index in [-0.39, 0.29) is 11.6 Å². The number of hydrogen-bond donors (Lipinski definition) is 0. The van der Waals surface area contributed by atoms with Crippen LogP contribution in [-0.2, 0) is 4.79 Å². The molecule has 0 saturated carbocycles. The van der Waals surface area contributed by atoms with Crippen molar-refractivity contribution in [3.05, 3.63) is 74.2 Å². The lowest BCUT2D eigenvalue weighted by molar-refractivity contribution is -0.384. The number of nitrogens with zero attached hydrogens (tertiary/aromatic N) is 2. The molecule has 0 bridgehead atoms. The number of benzene rings is 2. The number of nitro benzene ring substituents is 1. The molecule has 2 aromatic rings. The molecule has 1 fully saturated rings. The van der Waals surface area contributed by atoms with Crippen LogP contribution in [-0.4, -0.2) is 15.2 Å². The first-order chi connectivity index (χ1) is 11.9. The number of para-hydroxylation sites is 1. The minimum absolute atomic E-state index is 0.0141. The van der Waals surface area contributed by atoms with Gasteiger partial charge in [-0.3, -0.25) is 19.8 Å². The van der Waals surface area contributed by atoms with Crippen molar-refractivity contribution < 1.29 is 9.72 Å². The fourth-order valence-corrected chi connectivity index (χ4v) is 3.93. The van der Waals surface area contributed by atoms with Gasteiger partial charge < -0.3 is 0 Å². The lowest BCUT2D eigenvalue weighted by atomic mass is 10.1. The number of hydrogen-bond acceptors (Lipinski definition) is 5. The van der Waals surface area contributed by atoms with E-state index in [0.29, 0.717) is 14.8 Å². The van der Waals surface area contributed by atoms with Crippen molar-refractivity contribution in [1.82, 2.24) is 0 Å². The van der Waals surface area contributed by atoms with E-state index < -0.39 is 4.92 Å². The number of non-ortho nitro benzene ring substituents is 1. The van der Waals surface area contributed by atoms with Crippen LogP contribution in [0.1, 0.15) is 16.7 Å². The Bertz CT molecular complexity index is 900. The number of amides is 1. The smallest absolute Gasteiger partial charge is 0.268 e. The van der Waals surface area contributed by atoms with E-state index in [1.165, 1.54) is 23.9 Å². The molecule has 1 aliphatic rings. The van der Waals surface area contributed by atoms with E-state index in [2.05, 4.69) is 0 Å². The molecule has 3 rings (SSSR count). The third kappa shape index (κ3) is 3.33. The highest BCUT2D eigenvalue weighted by Gasteiger charge is 2.34. The van der Waals surface area contributed by atoms with Crippen LogP contribution < -0.4 is 4.90 Å². The van der Waals surface area contributed by atoms with Gasteiger partial charge >= 0.3 is 0 Å². The van der Waals surface area contributed by atoms with E-state index in [0.717, 1.165) is 16.8 Å². The maximum atomic E-state index is 12.8. The van der Waals surface area contributed by atoms with Crippen LogP contribution in [0.5, 0.6) is 0 Å². The van der Waals surface area contributed by atoms with Crippen LogP contribution in [0.3, 0.4) is 0 Å². The van der Waals surface area contributed by atoms with E-state index in [1.807, 2.05) is 32.0 Å². The second-order valence-corrected chi connectivity index (χ2v) is 7.28. The number of aryl methyl sites for hydroxylation is 2. The van der Waals surface area contributed by atoms with Gasteiger partial charge in [0.05, 0.1) is 15.5 Å². The van der Waals surface area contributed by atoms with Gasteiger partial charge in [-0.05, 0) is 48.7 Å². The predicted molar refractivity (Wildman–Crippen MR) is 105 cm³/mol. The average molecular weight is 370 g/mol. The molecule has 1 aliphatic heterocycles. The second kappa shape index (κ2) is 6.78. The molecule has 25 heavy (non-hydrogen) atoms. The number of thiocarbonyl (C=S) groups is 1. The third-order valence-electron chi connectivity index (χ3n) is 3.86. The lowest BCUT2D eigenvalue weighted by Crippen LogP contribution is -2.29. The zero-order chi connectivity index (χ0) is 18.1. The van der Waals surface area contributed by atoms with Crippen molar-refractivity contribution in [3.63, 3.8) is 0 Å². The van der Waals surface area contributed by atoms with E-state index in [4.69, 9.17) is 12.2 Å². The van der Waals surface area contributed by atoms with Crippen molar-refractivity contribution in [1.29, 1.82) is 0 Å². The monoisotopic (exact) mass is 370 g/mol. The Kier molecular flexibility index (Phi) is 4.69. The molecule has 0 unspecified atom stereocenters. The fourth-order valence-electron chi connectivity index (χ4n) is 2.66. The molecule has 0 aliphatic carbocycles. The Morgan fingerprint density at radius 3 is 2.28 bits per heavy atom. The highest BCUT2D eigenvalue weighted by molar-refractivity contribution is 8.27. The van der Waals surface area contributed by atoms with Gasteiger partial charge in [0.25, 0.3) is 11.6 Å². The van der Waals surface area contributed by atoms with Crippen molar-refractivity contribution in [2.45, 2.75) is 13.8 Å². The van der Waals surface area contributed by atoms with Crippen LogP contribution in [0.25, 0.3) is 6.08 Å². The van der Waals surface area contributed by atoms with Gasteiger partial charge in [-0.1, -0.05) is 42.2 Å². The van der Waals surface area contributed by atoms with Gasteiger partial charge in [-0.2, -0.15) is 0 Å². The number of nitro groups is 1. The molecular weight excluding hydrogens is 356 g/mol. The first-order valence-corrected chi connectivity index (χ1v) is 8.69. The summed E-state index contributed by atoms with van der Waals surface area (Å²) in [5, 5.41) is 10.7. The van der Waals surface area contributed by atoms with Gasteiger partial charge in [0.2, 0.25) is 0 Å². The maximum Gasteiger partial charge on any atom is 0.270 e.